The molecule has 1 amide bonds. The molecule has 0 saturated carbocycles. The Labute approximate surface area is 135 Å². The highest BCUT2D eigenvalue weighted by molar-refractivity contribution is 9.10. The van der Waals surface area contributed by atoms with Gasteiger partial charge >= 0.3 is 0 Å². The molecule has 21 heavy (non-hydrogen) atoms. The van der Waals surface area contributed by atoms with Gasteiger partial charge in [-0.1, -0.05) is 6.07 Å². The maximum Gasteiger partial charge on any atom is 0.223 e. The van der Waals surface area contributed by atoms with E-state index in [-0.39, 0.29) is 11.9 Å². The highest BCUT2D eigenvalue weighted by atomic mass is 79.9. The molecular formula is C16H23BrN2O2. The molecule has 1 saturated heterocycles. The van der Waals surface area contributed by atoms with Crippen LogP contribution < -0.4 is 10.1 Å². The number of hydrogen-bond acceptors (Lipinski definition) is 3. The van der Waals surface area contributed by atoms with Crippen LogP contribution in [0.3, 0.4) is 0 Å². The van der Waals surface area contributed by atoms with Crippen molar-refractivity contribution in [1.82, 2.24) is 10.2 Å². The minimum Gasteiger partial charge on any atom is -0.496 e. The van der Waals surface area contributed by atoms with E-state index in [1.807, 2.05) is 17.0 Å². The third-order valence-corrected chi connectivity index (χ3v) is 4.54. The summed E-state index contributed by atoms with van der Waals surface area (Å²) in [6.45, 7) is 4.67. The molecule has 0 spiro atoms. The number of nitrogens with zero attached hydrogens (tertiary/aromatic N) is 1. The van der Waals surface area contributed by atoms with Gasteiger partial charge in [-0.3, -0.25) is 4.79 Å². The van der Waals surface area contributed by atoms with Crippen LogP contribution in [-0.4, -0.2) is 37.6 Å². The first kappa shape index (κ1) is 16.3. The summed E-state index contributed by atoms with van der Waals surface area (Å²) in [7, 11) is 1.66. The Balaban J connectivity index is 1.80. The van der Waals surface area contributed by atoms with Gasteiger partial charge < -0.3 is 15.0 Å². The molecular weight excluding hydrogens is 332 g/mol. The van der Waals surface area contributed by atoms with E-state index in [9.17, 15) is 4.79 Å². The molecule has 4 nitrogen and oxygen atoms in total. The summed E-state index contributed by atoms with van der Waals surface area (Å²) in [6.07, 6.45) is 2.87. The van der Waals surface area contributed by atoms with Crippen molar-refractivity contribution >= 4 is 21.8 Å². The number of amides is 1. The van der Waals surface area contributed by atoms with Crippen LogP contribution in [0.2, 0.25) is 0 Å². The summed E-state index contributed by atoms with van der Waals surface area (Å²) in [5, 5.41) is 3.41. The van der Waals surface area contributed by atoms with E-state index in [1.54, 1.807) is 7.11 Å². The van der Waals surface area contributed by atoms with Crippen LogP contribution in [-0.2, 0) is 4.79 Å². The van der Waals surface area contributed by atoms with Crippen LogP contribution in [0, 0.1) is 0 Å². The Morgan fingerprint density at radius 3 is 2.76 bits per heavy atom. The Bertz CT molecular complexity index is 487. The number of methoxy groups -OCH3 is 1. The van der Waals surface area contributed by atoms with Gasteiger partial charge in [0.05, 0.1) is 11.6 Å². The molecule has 1 aromatic rings. The maximum absolute atomic E-state index is 12.0. The average Bonchev–Trinajstić information content (AvgIpc) is 3.01. The Kier molecular flexibility index (Phi) is 6.06. The summed E-state index contributed by atoms with van der Waals surface area (Å²) in [5.74, 6) is 1.10. The molecule has 1 N–H and O–H groups in total. The zero-order valence-electron chi connectivity index (χ0n) is 12.7. The zero-order valence-corrected chi connectivity index (χ0v) is 14.3. The molecule has 0 aromatic heterocycles. The van der Waals surface area contributed by atoms with E-state index in [0.717, 1.165) is 36.2 Å². The number of nitrogens with one attached hydrogen (secondary N) is 1. The number of halogens is 1. The summed E-state index contributed by atoms with van der Waals surface area (Å²) >= 11 is 3.50. The number of benzene rings is 1. The minimum atomic E-state index is 0.207. The van der Waals surface area contributed by atoms with Crippen molar-refractivity contribution in [2.45, 2.75) is 32.2 Å². The third kappa shape index (κ3) is 4.45. The van der Waals surface area contributed by atoms with Gasteiger partial charge in [0, 0.05) is 32.1 Å². The first-order chi connectivity index (χ1) is 10.1. The number of carbonyl (C=O) groups is 1. The van der Waals surface area contributed by atoms with Crippen molar-refractivity contribution in [3.63, 3.8) is 0 Å². The quantitative estimate of drug-likeness (QED) is 0.853. The monoisotopic (exact) mass is 354 g/mol. The van der Waals surface area contributed by atoms with Gasteiger partial charge in [0.25, 0.3) is 0 Å². The number of ether oxygens (including phenoxy) is 1. The number of rotatable bonds is 6. The lowest BCUT2D eigenvalue weighted by atomic mass is 10.1. The Hall–Kier alpha value is -1.07. The van der Waals surface area contributed by atoms with Gasteiger partial charge in [0.2, 0.25) is 5.91 Å². The van der Waals surface area contributed by atoms with Gasteiger partial charge in [0.15, 0.2) is 0 Å². The van der Waals surface area contributed by atoms with Gasteiger partial charge in [-0.05, 0) is 53.4 Å². The molecule has 1 aliphatic heterocycles. The fourth-order valence-electron chi connectivity index (χ4n) is 2.59. The molecule has 1 aromatic carbocycles. The normalized spacial score (nSPS) is 16.0. The Morgan fingerprint density at radius 2 is 2.14 bits per heavy atom. The summed E-state index contributed by atoms with van der Waals surface area (Å²) in [4.78, 5) is 13.9. The molecule has 1 unspecified atom stereocenters. The molecule has 1 fully saturated rings. The smallest absolute Gasteiger partial charge is 0.223 e. The number of hydrogen-bond donors (Lipinski definition) is 1. The minimum absolute atomic E-state index is 0.207. The maximum atomic E-state index is 12.0. The van der Waals surface area contributed by atoms with E-state index in [0.29, 0.717) is 13.0 Å². The second-order valence-corrected chi connectivity index (χ2v) is 6.26. The van der Waals surface area contributed by atoms with Crippen LogP contribution in [0.5, 0.6) is 5.75 Å². The van der Waals surface area contributed by atoms with Gasteiger partial charge in [-0.2, -0.15) is 0 Å². The molecule has 1 heterocycles. The van der Waals surface area contributed by atoms with Crippen LogP contribution in [0.1, 0.15) is 37.8 Å². The van der Waals surface area contributed by atoms with E-state index in [4.69, 9.17) is 4.74 Å². The fourth-order valence-corrected chi connectivity index (χ4v) is 3.15. The number of likely N-dealkylation sites (tertiary alicyclic amines) is 1. The molecule has 0 aliphatic carbocycles. The second kappa shape index (κ2) is 7.80. The summed E-state index contributed by atoms with van der Waals surface area (Å²) < 4.78 is 6.18. The van der Waals surface area contributed by atoms with E-state index in [1.165, 1.54) is 5.56 Å². The van der Waals surface area contributed by atoms with Crippen molar-refractivity contribution in [2.75, 3.05) is 26.7 Å². The lowest BCUT2D eigenvalue weighted by Gasteiger charge is -2.18. The summed E-state index contributed by atoms with van der Waals surface area (Å²) in [5.41, 5.74) is 1.18. The van der Waals surface area contributed by atoms with E-state index >= 15 is 0 Å². The third-order valence-electron chi connectivity index (χ3n) is 3.92. The van der Waals surface area contributed by atoms with Gasteiger partial charge in [-0.15, -0.1) is 0 Å². The van der Waals surface area contributed by atoms with E-state index in [2.05, 4.69) is 34.2 Å². The van der Waals surface area contributed by atoms with Crippen molar-refractivity contribution in [2.24, 2.45) is 0 Å². The Morgan fingerprint density at radius 1 is 1.43 bits per heavy atom. The molecule has 0 bridgehead atoms. The van der Waals surface area contributed by atoms with E-state index < -0.39 is 0 Å². The van der Waals surface area contributed by atoms with Crippen molar-refractivity contribution in [3.8, 4) is 5.75 Å². The zero-order chi connectivity index (χ0) is 15.2. The van der Waals surface area contributed by atoms with Gasteiger partial charge in [0.1, 0.15) is 5.75 Å². The lowest BCUT2D eigenvalue weighted by molar-refractivity contribution is -0.130. The van der Waals surface area contributed by atoms with Crippen molar-refractivity contribution in [3.05, 3.63) is 28.2 Å². The van der Waals surface area contributed by atoms with Crippen molar-refractivity contribution in [1.29, 1.82) is 0 Å². The molecule has 1 atom stereocenters. The molecule has 5 heteroatoms. The summed E-state index contributed by atoms with van der Waals surface area (Å²) in [6, 6.07) is 6.26. The topological polar surface area (TPSA) is 41.6 Å². The molecule has 2 rings (SSSR count). The van der Waals surface area contributed by atoms with Crippen LogP contribution in [0.25, 0.3) is 0 Å². The highest BCUT2D eigenvalue weighted by Crippen LogP contribution is 2.27. The van der Waals surface area contributed by atoms with Gasteiger partial charge in [-0.25, -0.2) is 0 Å². The SMILES string of the molecule is COc1ccc(C(C)NCCC(=O)N2CCCC2)cc1Br. The fraction of sp³-hybridized carbons (Fsp3) is 0.562. The highest BCUT2D eigenvalue weighted by Gasteiger charge is 2.17. The number of carbonyl (C=O) groups excluding carboxylic acids is 1. The average molecular weight is 355 g/mol. The van der Waals surface area contributed by atoms with Crippen LogP contribution >= 0.6 is 15.9 Å². The predicted octanol–water partition coefficient (Wildman–Crippen LogP) is 3.12. The first-order valence-electron chi connectivity index (χ1n) is 7.46. The van der Waals surface area contributed by atoms with Crippen molar-refractivity contribution < 1.29 is 9.53 Å². The van der Waals surface area contributed by atoms with Crippen LogP contribution in [0.4, 0.5) is 0 Å². The van der Waals surface area contributed by atoms with Crippen LogP contribution in [0.15, 0.2) is 22.7 Å². The molecule has 1 aliphatic rings. The standard InChI is InChI=1S/C16H23BrN2O2/c1-12(13-5-6-15(21-2)14(17)11-13)18-8-7-16(20)19-9-3-4-10-19/h5-6,11-12,18H,3-4,7-10H2,1-2H3. The largest absolute Gasteiger partial charge is 0.496 e. The molecule has 0 radical (unpaired) electrons. The molecule has 116 valence electrons. The predicted molar refractivity (Wildman–Crippen MR) is 87.5 cm³/mol. The second-order valence-electron chi connectivity index (χ2n) is 5.41. The lowest BCUT2D eigenvalue weighted by Crippen LogP contribution is -2.31. The first-order valence-corrected chi connectivity index (χ1v) is 8.25.